The van der Waals surface area contributed by atoms with E-state index in [0.717, 1.165) is 138 Å². The number of nitrogens with one attached hydrogen (secondary N) is 1. The predicted octanol–water partition coefficient (Wildman–Crippen LogP) is 17.5. The van der Waals surface area contributed by atoms with Crippen molar-refractivity contribution in [3.8, 4) is 39.1 Å². The second-order valence-corrected chi connectivity index (χ2v) is 20.3. The molecule has 8 heteroatoms. The molecule has 0 aliphatic carbocycles. The van der Waals surface area contributed by atoms with Crippen molar-refractivity contribution in [3.05, 3.63) is 257 Å². The van der Waals surface area contributed by atoms with Gasteiger partial charge in [0.15, 0.2) is 0 Å². The third-order valence-electron chi connectivity index (χ3n) is 16.2. The number of furan rings is 2. The summed E-state index contributed by atoms with van der Waals surface area (Å²) in [6.45, 7) is 0. The molecule has 5 aromatic heterocycles. The van der Waals surface area contributed by atoms with Crippen molar-refractivity contribution >= 4 is 120 Å². The van der Waals surface area contributed by atoms with E-state index in [4.69, 9.17) is 8.83 Å². The molecule has 0 aliphatic heterocycles. The van der Waals surface area contributed by atoms with E-state index in [2.05, 4.69) is 174 Å². The lowest BCUT2D eigenvalue weighted by molar-refractivity contribution is 0.672. The van der Waals surface area contributed by atoms with Crippen LogP contribution in [0.5, 0.6) is 0 Å². The molecule has 0 fully saturated rings. The van der Waals surface area contributed by atoms with Crippen LogP contribution in [-0.2, 0) is 0 Å². The number of fused-ring (bicyclic) bond motifs is 19. The molecule has 0 saturated carbocycles. The van der Waals surface area contributed by atoms with E-state index in [1.165, 1.54) is 4.52 Å². The maximum absolute atomic E-state index is 15.4. The molecule has 0 bridgehead atoms. The number of anilines is 2. The van der Waals surface area contributed by atoms with Gasteiger partial charge in [0, 0.05) is 71.3 Å². The number of hydrogen-bond acceptors (Lipinski definition) is 5. The van der Waals surface area contributed by atoms with Crippen molar-refractivity contribution in [3.63, 3.8) is 0 Å². The molecule has 364 valence electrons. The Balaban J connectivity index is 0.862. The molecule has 1 N–H and O–H groups in total. The molecule has 0 radical (unpaired) electrons. The van der Waals surface area contributed by atoms with Gasteiger partial charge in [0.1, 0.15) is 22.3 Å². The molecule has 78 heavy (non-hydrogen) atoms. The van der Waals surface area contributed by atoms with E-state index in [0.29, 0.717) is 21.8 Å². The zero-order valence-electron chi connectivity index (χ0n) is 41.5. The maximum atomic E-state index is 15.4. The summed E-state index contributed by atoms with van der Waals surface area (Å²) in [6.07, 6.45) is 0. The Kier molecular flexibility index (Phi) is 8.70. The quantitative estimate of drug-likeness (QED) is 0.179. The van der Waals surface area contributed by atoms with Crippen molar-refractivity contribution in [2.24, 2.45) is 0 Å². The zero-order valence-corrected chi connectivity index (χ0v) is 41.5. The highest BCUT2D eigenvalue weighted by Crippen LogP contribution is 2.46. The molecule has 0 saturated heterocycles. The fraction of sp³-hybridized carbons (Fsp3) is 0. The smallest absolute Gasteiger partial charge is 0.283 e. The minimum Gasteiger partial charge on any atom is -0.455 e. The van der Waals surface area contributed by atoms with E-state index in [1.54, 1.807) is 6.07 Å². The van der Waals surface area contributed by atoms with Gasteiger partial charge in [-0.15, -0.1) is 0 Å². The highest BCUT2D eigenvalue weighted by Gasteiger charge is 2.28. The number of nitrogens with zero attached hydrogens (tertiary/aromatic N) is 3. The number of rotatable bonds is 6. The number of hydrogen-bond donors (Lipinski definition) is 1. The van der Waals surface area contributed by atoms with Crippen molar-refractivity contribution in [2.45, 2.75) is 0 Å². The molecule has 17 aromatic rings. The van der Waals surface area contributed by atoms with E-state index in [-0.39, 0.29) is 11.1 Å². The lowest BCUT2D eigenvalue weighted by atomic mass is 9.95. The predicted molar refractivity (Wildman–Crippen MR) is 320 cm³/mol. The molecule has 0 spiro atoms. The summed E-state index contributed by atoms with van der Waals surface area (Å²) in [5.74, 6) is 0. The molecule has 12 aromatic carbocycles. The van der Waals surface area contributed by atoms with Crippen LogP contribution in [0.3, 0.4) is 0 Å². The number of para-hydroxylation sites is 5. The second-order valence-electron chi connectivity index (χ2n) is 20.3. The van der Waals surface area contributed by atoms with Gasteiger partial charge in [-0.1, -0.05) is 158 Å². The summed E-state index contributed by atoms with van der Waals surface area (Å²) in [5.41, 5.74) is 14.5. The first-order valence-corrected chi connectivity index (χ1v) is 26.2. The molecule has 8 nitrogen and oxygen atoms in total. The third-order valence-corrected chi connectivity index (χ3v) is 16.2. The van der Waals surface area contributed by atoms with Crippen LogP contribution in [0.15, 0.2) is 255 Å². The Hall–Kier alpha value is -10.7. The maximum Gasteiger partial charge on any atom is 0.283 e. The average molecular weight is 1000 g/mol. The van der Waals surface area contributed by atoms with Gasteiger partial charge < -0.3 is 18.7 Å². The molecule has 5 heterocycles. The highest BCUT2D eigenvalue weighted by atomic mass is 16.3. The molecule has 0 atom stereocenters. The van der Waals surface area contributed by atoms with E-state index < -0.39 is 0 Å². The SMILES string of the molecule is O=c1c2ccccc2n2c3c(-c4ccccc4Nc4ccc(-c5cc6ccccc6c6oc7ccccc7c56)cc4)cc4c(c5ccccc5n4-c4ccc(-c5cc6ccccc6c6oc7ccccc7c56)cc4)c3c(=O)n12. The van der Waals surface area contributed by atoms with Crippen LogP contribution in [0.1, 0.15) is 0 Å². The summed E-state index contributed by atoms with van der Waals surface area (Å²) in [5, 5.41) is 15.1. The zero-order chi connectivity index (χ0) is 51.3. The lowest BCUT2D eigenvalue weighted by Gasteiger charge is -2.16. The first kappa shape index (κ1) is 42.6. The Morgan fingerprint density at radius 1 is 0.346 bits per heavy atom. The highest BCUT2D eigenvalue weighted by molar-refractivity contribution is 6.25. The fourth-order valence-corrected chi connectivity index (χ4v) is 12.8. The first-order valence-electron chi connectivity index (χ1n) is 26.2. The number of benzene rings is 12. The van der Waals surface area contributed by atoms with Gasteiger partial charge in [-0.05, 0) is 112 Å². The van der Waals surface area contributed by atoms with Crippen molar-refractivity contribution in [2.75, 3.05) is 5.32 Å². The molecule has 0 aliphatic rings. The van der Waals surface area contributed by atoms with Gasteiger partial charge in [-0.3, -0.25) is 9.59 Å². The van der Waals surface area contributed by atoms with Crippen molar-refractivity contribution in [1.29, 1.82) is 0 Å². The standard InChI is InChI=1S/C70H40N4O4/c75-69-50-21-7-12-26-58(50)73-66-55(48-19-5-10-24-56(48)71-44-33-29-40(30-34-44)53-37-42-15-1-3-17-46(42)67-62(53)51-22-8-13-27-60(51)77-67)39-59-64(65(66)70(76)74(69)73)49-20-6-11-25-57(49)72(59)45-35-31-41(32-36-45)54-38-43-16-2-4-18-47(43)68-63(54)52-23-9-14-28-61(52)78-68/h1-39,71H. The van der Waals surface area contributed by atoms with E-state index in [9.17, 15) is 4.79 Å². The van der Waals surface area contributed by atoms with Gasteiger partial charge >= 0.3 is 0 Å². The minimum atomic E-state index is -0.363. The topological polar surface area (TPSA) is 86.2 Å². The molecule has 17 rings (SSSR count). The number of aromatic nitrogens is 3. The van der Waals surface area contributed by atoms with Gasteiger partial charge in [0.2, 0.25) is 0 Å². The normalized spacial score (nSPS) is 12.2. The minimum absolute atomic E-state index is 0.350. The molecular weight excluding hydrogens is 961 g/mol. The molecule has 0 amide bonds. The molecule has 0 unspecified atom stereocenters. The van der Waals surface area contributed by atoms with Crippen LogP contribution < -0.4 is 16.4 Å². The van der Waals surface area contributed by atoms with Gasteiger partial charge in [0.25, 0.3) is 11.1 Å². The summed E-state index contributed by atoms with van der Waals surface area (Å²) < 4.78 is 18.5. The van der Waals surface area contributed by atoms with Crippen LogP contribution >= 0.6 is 0 Å². The van der Waals surface area contributed by atoms with E-state index >= 15 is 4.79 Å². The van der Waals surface area contributed by atoms with Gasteiger partial charge in [-0.2, -0.15) is 4.52 Å². The fourth-order valence-electron chi connectivity index (χ4n) is 12.8. The van der Waals surface area contributed by atoms with Crippen molar-refractivity contribution < 1.29 is 8.83 Å². The Morgan fingerprint density at radius 3 is 1.50 bits per heavy atom. The second kappa shape index (κ2) is 15.9. The molecular formula is C70H40N4O4. The van der Waals surface area contributed by atoms with E-state index in [1.807, 2.05) is 71.2 Å². The largest absolute Gasteiger partial charge is 0.455 e. The summed E-state index contributed by atoms with van der Waals surface area (Å²) >= 11 is 0. The summed E-state index contributed by atoms with van der Waals surface area (Å²) in [7, 11) is 0. The third kappa shape index (κ3) is 5.88. The van der Waals surface area contributed by atoms with Gasteiger partial charge in [0.05, 0.1) is 32.8 Å². The Morgan fingerprint density at radius 2 is 0.859 bits per heavy atom. The van der Waals surface area contributed by atoms with Crippen LogP contribution in [-0.4, -0.2) is 13.6 Å². The van der Waals surface area contributed by atoms with Crippen LogP contribution in [0.25, 0.3) is 148 Å². The Bertz CT molecular complexity index is 5520. The summed E-state index contributed by atoms with van der Waals surface area (Å²) in [4.78, 5) is 29.8. The lowest BCUT2D eigenvalue weighted by Crippen LogP contribution is -2.21. The monoisotopic (exact) mass is 1000 g/mol. The van der Waals surface area contributed by atoms with Crippen molar-refractivity contribution in [1.82, 2.24) is 13.6 Å². The first-order chi connectivity index (χ1) is 38.5. The Labute approximate surface area is 442 Å². The van der Waals surface area contributed by atoms with Gasteiger partial charge in [-0.25, -0.2) is 4.52 Å². The van der Waals surface area contributed by atoms with Crippen LogP contribution in [0.2, 0.25) is 0 Å². The van der Waals surface area contributed by atoms with Crippen LogP contribution in [0.4, 0.5) is 11.4 Å². The summed E-state index contributed by atoms with van der Waals surface area (Å²) in [6, 6.07) is 81.2. The average Bonchev–Trinajstić information content (AvgIpc) is 4.39. The van der Waals surface area contributed by atoms with Crippen LogP contribution in [0, 0.1) is 0 Å².